The number of thiol groups is 1. The number of furan rings is 1. The number of hydrogen-bond acceptors (Lipinski definition) is 3. The molecule has 0 bridgehead atoms. The van der Waals surface area contributed by atoms with Gasteiger partial charge in [-0.05, 0) is 49.2 Å². The minimum absolute atomic E-state index is 0.930. The molecule has 1 heterocycles. The third-order valence-corrected chi connectivity index (χ3v) is 4.56. The Morgan fingerprint density at radius 2 is 1.68 bits per heavy atom. The maximum atomic E-state index is 5.86. The summed E-state index contributed by atoms with van der Waals surface area (Å²) in [4.78, 5) is 2.25. The number of benzene rings is 2. The first-order valence-corrected chi connectivity index (χ1v) is 7.36. The van der Waals surface area contributed by atoms with Gasteiger partial charge in [0.2, 0.25) is 0 Å². The zero-order chi connectivity index (χ0) is 13.4. The smallest absolute Gasteiger partial charge is 0.166 e. The first kappa shape index (κ1) is 12.7. The molecule has 0 fully saturated rings. The lowest BCUT2D eigenvalue weighted by Crippen LogP contribution is -1.85. The molecule has 0 saturated carbocycles. The van der Waals surface area contributed by atoms with Crippen molar-refractivity contribution >= 4 is 35.4 Å². The van der Waals surface area contributed by atoms with Gasteiger partial charge in [0.15, 0.2) is 5.09 Å². The molecule has 0 amide bonds. The molecule has 3 rings (SSSR count). The van der Waals surface area contributed by atoms with Gasteiger partial charge < -0.3 is 4.42 Å². The van der Waals surface area contributed by atoms with Gasteiger partial charge in [0.25, 0.3) is 0 Å². The molecule has 0 saturated heterocycles. The van der Waals surface area contributed by atoms with Crippen LogP contribution in [0.4, 0.5) is 0 Å². The van der Waals surface area contributed by atoms with Crippen LogP contribution in [0.3, 0.4) is 0 Å². The summed E-state index contributed by atoms with van der Waals surface area (Å²) in [6, 6.07) is 14.3. The molecule has 0 aliphatic carbocycles. The van der Waals surface area contributed by atoms with Gasteiger partial charge in [0.1, 0.15) is 5.58 Å². The van der Waals surface area contributed by atoms with Crippen molar-refractivity contribution in [2.45, 2.75) is 28.7 Å². The quantitative estimate of drug-likeness (QED) is 0.626. The van der Waals surface area contributed by atoms with Crippen LogP contribution in [0.5, 0.6) is 0 Å². The van der Waals surface area contributed by atoms with E-state index in [1.807, 2.05) is 18.2 Å². The zero-order valence-corrected chi connectivity index (χ0v) is 12.5. The maximum absolute atomic E-state index is 5.86. The highest BCUT2D eigenvalue weighted by molar-refractivity contribution is 7.99. The van der Waals surface area contributed by atoms with E-state index >= 15 is 0 Å². The van der Waals surface area contributed by atoms with Gasteiger partial charge in [-0.3, -0.25) is 0 Å². The second-order valence-electron chi connectivity index (χ2n) is 4.61. The molecule has 96 valence electrons. The monoisotopic (exact) mass is 286 g/mol. The fraction of sp³-hybridized carbons (Fsp3) is 0.125. The van der Waals surface area contributed by atoms with Crippen LogP contribution in [0.25, 0.3) is 11.0 Å². The van der Waals surface area contributed by atoms with E-state index in [1.165, 1.54) is 16.0 Å². The van der Waals surface area contributed by atoms with Crippen LogP contribution in [0.2, 0.25) is 0 Å². The highest BCUT2D eigenvalue weighted by atomic mass is 32.2. The fourth-order valence-corrected chi connectivity index (χ4v) is 3.54. The Labute approximate surface area is 122 Å². The summed E-state index contributed by atoms with van der Waals surface area (Å²) < 4.78 is 5.86. The molecule has 1 aromatic heterocycles. The van der Waals surface area contributed by atoms with Crippen molar-refractivity contribution in [3.63, 3.8) is 0 Å². The lowest BCUT2D eigenvalue weighted by molar-refractivity contribution is 0.515. The van der Waals surface area contributed by atoms with Gasteiger partial charge in [-0.25, -0.2) is 0 Å². The molecule has 3 heteroatoms. The van der Waals surface area contributed by atoms with Gasteiger partial charge in [-0.1, -0.05) is 30.0 Å². The molecule has 0 unspecified atom stereocenters. The van der Waals surface area contributed by atoms with E-state index in [-0.39, 0.29) is 0 Å². The topological polar surface area (TPSA) is 13.1 Å². The molecule has 1 nitrogen and oxygen atoms in total. The summed E-state index contributed by atoms with van der Waals surface area (Å²) in [5.74, 6) is 0. The molecule has 19 heavy (non-hydrogen) atoms. The Morgan fingerprint density at radius 1 is 1.00 bits per heavy atom. The maximum Gasteiger partial charge on any atom is 0.166 e. The minimum Gasteiger partial charge on any atom is -0.450 e. The Hall–Kier alpha value is -1.32. The Kier molecular flexibility index (Phi) is 3.33. The van der Waals surface area contributed by atoms with Gasteiger partial charge in [-0.2, -0.15) is 0 Å². The van der Waals surface area contributed by atoms with Gasteiger partial charge in [0.05, 0.1) is 0 Å². The molecule has 0 spiro atoms. The van der Waals surface area contributed by atoms with Crippen molar-refractivity contribution in [3.8, 4) is 0 Å². The van der Waals surface area contributed by atoms with Crippen LogP contribution in [0.1, 0.15) is 11.1 Å². The van der Waals surface area contributed by atoms with Crippen molar-refractivity contribution in [2.24, 2.45) is 0 Å². The number of para-hydroxylation sites is 1. The SMILES string of the molecule is Cc1cc(S)cc(C)c1Sc1cc2ccccc2o1. The lowest BCUT2D eigenvalue weighted by Gasteiger charge is -2.08. The van der Waals surface area contributed by atoms with Crippen molar-refractivity contribution in [3.05, 3.63) is 53.6 Å². The molecule has 0 aliphatic rings. The van der Waals surface area contributed by atoms with Crippen molar-refractivity contribution < 1.29 is 4.42 Å². The number of rotatable bonds is 2. The van der Waals surface area contributed by atoms with Crippen LogP contribution in [-0.4, -0.2) is 0 Å². The molecule has 2 aromatic carbocycles. The standard InChI is InChI=1S/C16H14OS2/c1-10-7-13(18)8-11(2)16(10)19-15-9-12-5-3-4-6-14(12)17-15/h3-9,18H,1-2H3. The lowest BCUT2D eigenvalue weighted by atomic mass is 10.1. The van der Waals surface area contributed by atoms with E-state index in [0.717, 1.165) is 21.0 Å². The Morgan fingerprint density at radius 3 is 2.37 bits per heavy atom. The molecular weight excluding hydrogens is 272 g/mol. The summed E-state index contributed by atoms with van der Waals surface area (Å²) in [6.45, 7) is 4.22. The number of hydrogen-bond donors (Lipinski definition) is 1. The first-order chi connectivity index (χ1) is 9.13. The molecule has 0 N–H and O–H groups in total. The second-order valence-corrected chi connectivity index (χ2v) is 6.15. The first-order valence-electron chi connectivity index (χ1n) is 6.10. The van der Waals surface area contributed by atoms with Crippen molar-refractivity contribution in [1.29, 1.82) is 0 Å². The van der Waals surface area contributed by atoms with E-state index < -0.39 is 0 Å². The molecule has 0 aliphatic heterocycles. The van der Waals surface area contributed by atoms with E-state index in [0.29, 0.717) is 0 Å². The second kappa shape index (κ2) is 4.99. The van der Waals surface area contributed by atoms with E-state index in [2.05, 4.69) is 50.7 Å². The van der Waals surface area contributed by atoms with E-state index in [4.69, 9.17) is 4.42 Å². The van der Waals surface area contributed by atoms with E-state index in [9.17, 15) is 0 Å². The predicted octanol–water partition coefficient (Wildman–Crippen LogP) is 5.49. The minimum atomic E-state index is 0.930. The molecular formula is C16H14OS2. The molecule has 0 radical (unpaired) electrons. The van der Waals surface area contributed by atoms with Crippen molar-refractivity contribution in [2.75, 3.05) is 0 Å². The van der Waals surface area contributed by atoms with Crippen molar-refractivity contribution in [1.82, 2.24) is 0 Å². The summed E-state index contributed by atoms with van der Waals surface area (Å²) in [6.07, 6.45) is 0. The normalized spacial score (nSPS) is 11.1. The molecule has 0 atom stereocenters. The molecule has 3 aromatic rings. The van der Waals surface area contributed by atoms with Crippen LogP contribution in [-0.2, 0) is 0 Å². The average Bonchev–Trinajstić information content (AvgIpc) is 2.76. The van der Waals surface area contributed by atoms with E-state index in [1.54, 1.807) is 11.8 Å². The zero-order valence-electron chi connectivity index (χ0n) is 10.8. The van der Waals surface area contributed by atoms with Gasteiger partial charge in [0, 0.05) is 15.2 Å². The summed E-state index contributed by atoms with van der Waals surface area (Å²) >= 11 is 6.08. The van der Waals surface area contributed by atoms with Crippen LogP contribution < -0.4 is 0 Å². The predicted molar refractivity (Wildman–Crippen MR) is 83.5 cm³/mol. The average molecular weight is 286 g/mol. The van der Waals surface area contributed by atoms with Crippen LogP contribution in [0.15, 0.2) is 61.8 Å². The van der Waals surface area contributed by atoms with Gasteiger partial charge in [-0.15, -0.1) is 12.6 Å². The van der Waals surface area contributed by atoms with Gasteiger partial charge >= 0.3 is 0 Å². The third-order valence-electron chi connectivity index (χ3n) is 3.05. The Bertz CT molecular complexity index is 687. The highest BCUT2D eigenvalue weighted by Crippen LogP contribution is 2.37. The fourth-order valence-electron chi connectivity index (χ4n) is 2.20. The number of fused-ring (bicyclic) bond motifs is 1. The summed E-state index contributed by atoms with van der Waals surface area (Å²) in [5, 5.41) is 2.07. The van der Waals surface area contributed by atoms with Crippen LogP contribution >= 0.6 is 24.4 Å². The van der Waals surface area contributed by atoms with Crippen LogP contribution in [0, 0.1) is 13.8 Å². The Balaban J connectivity index is 2.01. The largest absolute Gasteiger partial charge is 0.450 e. The third kappa shape index (κ3) is 2.53. The number of aryl methyl sites for hydroxylation is 2. The summed E-state index contributed by atoms with van der Waals surface area (Å²) in [7, 11) is 0. The summed E-state index contributed by atoms with van der Waals surface area (Å²) in [5.41, 5.74) is 3.40. The highest BCUT2D eigenvalue weighted by Gasteiger charge is 2.10.